The normalized spacial score (nSPS) is 11.9. The van der Waals surface area contributed by atoms with E-state index >= 15 is 0 Å². The van der Waals surface area contributed by atoms with Gasteiger partial charge in [0.2, 0.25) is 0 Å². The second kappa shape index (κ2) is 8.52. The van der Waals surface area contributed by atoms with E-state index in [0.717, 1.165) is 10.0 Å². The van der Waals surface area contributed by atoms with E-state index < -0.39 is 0 Å². The monoisotopic (exact) mass is 445 g/mol. The van der Waals surface area contributed by atoms with Crippen LogP contribution in [0, 0.1) is 12.7 Å². The Hall–Kier alpha value is -2.74. The van der Waals surface area contributed by atoms with Gasteiger partial charge in [-0.25, -0.2) is 13.9 Å². The zero-order valence-electron chi connectivity index (χ0n) is 15.9. The van der Waals surface area contributed by atoms with Crippen molar-refractivity contribution in [3.63, 3.8) is 0 Å². The number of urea groups is 1. The van der Waals surface area contributed by atoms with Crippen molar-refractivity contribution >= 4 is 27.8 Å². The van der Waals surface area contributed by atoms with Gasteiger partial charge in [-0.2, -0.15) is 0 Å². The lowest BCUT2D eigenvalue weighted by Crippen LogP contribution is -2.34. The molecule has 1 atom stereocenters. The molecular weight excluding hydrogens is 425 g/mol. The maximum absolute atomic E-state index is 13.9. The van der Waals surface area contributed by atoms with Crippen LogP contribution < -0.4 is 5.32 Å². The molecule has 3 aromatic rings. The molecule has 8 heteroatoms. The van der Waals surface area contributed by atoms with Crippen molar-refractivity contribution in [1.82, 2.24) is 19.9 Å². The summed E-state index contributed by atoms with van der Waals surface area (Å²) in [6.45, 7) is 3.97. The first-order valence-electron chi connectivity index (χ1n) is 8.80. The Labute approximate surface area is 171 Å². The van der Waals surface area contributed by atoms with E-state index in [1.54, 1.807) is 41.8 Å². The topological polar surface area (TPSA) is 63.1 Å². The van der Waals surface area contributed by atoms with Crippen LogP contribution in [0.1, 0.15) is 29.8 Å². The van der Waals surface area contributed by atoms with Gasteiger partial charge in [0, 0.05) is 17.1 Å². The van der Waals surface area contributed by atoms with Crippen molar-refractivity contribution < 1.29 is 9.18 Å². The molecule has 0 bridgehead atoms. The quantitative estimate of drug-likeness (QED) is 0.615. The van der Waals surface area contributed by atoms with Gasteiger partial charge in [0.15, 0.2) is 5.82 Å². The molecule has 0 aliphatic rings. The first kappa shape index (κ1) is 20.0. The average molecular weight is 446 g/mol. The fourth-order valence-electron chi connectivity index (χ4n) is 2.80. The summed E-state index contributed by atoms with van der Waals surface area (Å²) < 4.78 is 16.4. The predicted octanol–water partition coefficient (Wildman–Crippen LogP) is 4.76. The maximum atomic E-state index is 13.9. The zero-order chi connectivity index (χ0) is 20.3. The molecule has 146 valence electrons. The number of carbonyl (C=O) groups is 1. The van der Waals surface area contributed by atoms with Gasteiger partial charge in [0.05, 0.1) is 18.3 Å². The molecule has 0 aliphatic heterocycles. The molecule has 0 spiro atoms. The summed E-state index contributed by atoms with van der Waals surface area (Å²) >= 11 is 3.52. The first-order valence-corrected chi connectivity index (χ1v) is 9.59. The van der Waals surface area contributed by atoms with Gasteiger partial charge >= 0.3 is 6.03 Å². The molecule has 0 fully saturated rings. The number of benzene rings is 2. The van der Waals surface area contributed by atoms with Gasteiger partial charge < -0.3 is 4.90 Å². The van der Waals surface area contributed by atoms with E-state index in [1.165, 1.54) is 6.07 Å². The van der Waals surface area contributed by atoms with Crippen LogP contribution in [0.5, 0.6) is 0 Å². The largest absolute Gasteiger partial charge is 0.323 e. The molecule has 0 saturated heterocycles. The molecule has 2 aromatic carbocycles. The van der Waals surface area contributed by atoms with Crippen molar-refractivity contribution in [3.05, 3.63) is 75.6 Å². The van der Waals surface area contributed by atoms with Crippen molar-refractivity contribution in [3.8, 4) is 0 Å². The molecule has 1 N–H and O–H groups in total. The molecule has 28 heavy (non-hydrogen) atoms. The fourth-order valence-corrected chi connectivity index (χ4v) is 3.42. The van der Waals surface area contributed by atoms with Crippen LogP contribution in [0.15, 0.2) is 53.0 Å². The number of hydrogen-bond donors (Lipinski definition) is 1. The highest BCUT2D eigenvalue weighted by Gasteiger charge is 2.21. The van der Waals surface area contributed by atoms with Crippen LogP contribution in [-0.2, 0) is 6.54 Å². The van der Waals surface area contributed by atoms with Crippen LogP contribution in [0.3, 0.4) is 0 Å². The van der Waals surface area contributed by atoms with Crippen molar-refractivity contribution in [2.45, 2.75) is 26.4 Å². The standard InChI is InChI=1S/C20H21BrFN5O/c1-13(16-9-5-6-10-17(16)21)26(3)20(28)23-19-14(2)27(25-24-19)12-15-8-4-7-11-18(15)22/h4-11,13H,12H2,1-3H3,(H,23,28). The highest BCUT2D eigenvalue weighted by Crippen LogP contribution is 2.27. The number of nitrogens with one attached hydrogen (secondary N) is 1. The Balaban J connectivity index is 1.71. The zero-order valence-corrected chi connectivity index (χ0v) is 17.4. The molecule has 1 heterocycles. The van der Waals surface area contributed by atoms with Gasteiger partial charge in [0.25, 0.3) is 0 Å². The van der Waals surface area contributed by atoms with E-state index in [9.17, 15) is 9.18 Å². The average Bonchev–Trinajstić information content (AvgIpc) is 3.02. The van der Waals surface area contributed by atoms with Crippen LogP contribution in [0.25, 0.3) is 0 Å². The number of amides is 2. The second-order valence-electron chi connectivity index (χ2n) is 6.51. The number of hydrogen-bond acceptors (Lipinski definition) is 3. The number of rotatable bonds is 5. The van der Waals surface area contributed by atoms with Crippen molar-refractivity contribution in [1.29, 1.82) is 0 Å². The van der Waals surface area contributed by atoms with Gasteiger partial charge in [-0.05, 0) is 31.5 Å². The third-order valence-corrected chi connectivity index (χ3v) is 5.46. The molecule has 3 rings (SSSR count). The van der Waals surface area contributed by atoms with Crippen molar-refractivity contribution in [2.24, 2.45) is 0 Å². The predicted molar refractivity (Wildman–Crippen MR) is 110 cm³/mol. The number of nitrogens with zero attached hydrogens (tertiary/aromatic N) is 4. The third kappa shape index (κ3) is 4.22. The highest BCUT2D eigenvalue weighted by atomic mass is 79.9. The number of carbonyl (C=O) groups excluding carboxylic acids is 1. The molecule has 1 aromatic heterocycles. The first-order chi connectivity index (χ1) is 13.4. The summed E-state index contributed by atoms with van der Waals surface area (Å²) in [5.74, 6) is 0.0532. The Bertz CT molecular complexity index is 990. The molecule has 2 amide bonds. The van der Waals surface area contributed by atoms with E-state index in [-0.39, 0.29) is 24.4 Å². The Morgan fingerprint density at radius 1 is 1.25 bits per heavy atom. The van der Waals surface area contributed by atoms with Crippen LogP contribution in [-0.4, -0.2) is 33.0 Å². The maximum Gasteiger partial charge on any atom is 0.323 e. The van der Waals surface area contributed by atoms with Gasteiger partial charge in [-0.1, -0.05) is 57.5 Å². The Kier molecular flexibility index (Phi) is 6.08. The van der Waals surface area contributed by atoms with Crippen LogP contribution in [0.2, 0.25) is 0 Å². The van der Waals surface area contributed by atoms with E-state index in [4.69, 9.17) is 0 Å². The molecule has 0 saturated carbocycles. The van der Waals surface area contributed by atoms with E-state index in [0.29, 0.717) is 17.1 Å². The van der Waals surface area contributed by atoms with Crippen molar-refractivity contribution in [2.75, 3.05) is 12.4 Å². The summed E-state index contributed by atoms with van der Waals surface area (Å²) in [7, 11) is 1.72. The summed E-state index contributed by atoms with van der Waals surface area (Å²) in [5.41, 5.74) is 2.16. The Morgan fingerprint density at radius 3 is 2.64 bits per heavy atom. The van der Waals surface area contributed by atoms with Crippen LogP contribution >= 0.6 is 15.9 Å². The summed E-state index contributed by atoms with van der Waals surface area (Å²) in [5, 5.41) is 10.9. The fraction of sp³-hybridized carbons (Fsp3) is 0.250. The number of anilines is 1. The SMILES string of the molecule is Cc1c(NC(=O)N(C)C(C)c2ccccc2Br)nnn1Cc1ccccc1F. The molecule has 0 radical (unpaired) electrons. The number of halogens is 2. The number of aromatic nitrogens is 3. The minimum atomic E-state index is -0.302. The molecular formula is C20H21BrFN5O. The molecule has 6 nitrogen and oxygen atoms in total. The minimum Gasteiger partial charge on any atom is -0.321 e. The van der Waals surface area contributed by atoms with Gasteiger partial charge in [-0.3, -0.25) is 5.32 Å². The second-order valence-corrected chi connectivity index (χ2v) is 7.37. The van der Waals surface area contributed by atoms with Gasteiger partial charge in [0.1, 0.15) is 5.82 Å². The smallest absolute Gasteiger partial charge is 0.321 e. The van der Waals surface area contributed by atoms with Gasteiger partial charge in [-0.15, -0.1) is 5.10 Å². The molecule has 1 unspecified atom stereocenters. The Morgan fingerprint density at radius 2 is 1.93 bits per heavy atom. The summed E-state index contributed by atoms with van der Waals surface area (Å²) in [4.78, 5) is 14.3. The third-order valence-electron chi connectivity index (χ3n) is 4.74. The highest BCUT2D eigenvalue weighted by molar-refractivity contribution is 9.10. The minimum absolute atomic E-state index is 0.149. The summed E-state index contributed by atoms with van der Waals surface area (Å²) in [6.07, 6.45) is 0. The lowest BCUT2D eigenvalue weighted by atomic mass is 10.1. The van der Waals surface area contributed by atoms with E-state index in [1.807, 2.05) is 31.2 Å². The van der Waals surface area contributed by atoms with Crippen LogP contribution in [0.4, 0.5) is 15.0 Å². The lowest BCUT2D eigenvalue weighted by molar-refractivity contribution is 0.208. The summed E-state index contributed by atoms with van der Waals surface area (Å²) in [6, 6.07) is 13.8. The lowest BCUT2D eigenvalue weighted by Gasteiger charge is -2.26. The molecule has 0 aliphatic carbocycles. The van der Waals surface area contributed by atoms with E-state index in [2.05, 4.69) is 31.6 Å².